The summed E-state index contributed by atoms with van der Waals surface area (Å²) in [7, 11) is -3.12. The number of hydrogen-bond acceptors (Lipinski definition) is 5. The van der Waals surface area contributed by atoms with Gasteiger partial charge in [0.15, 0.2) is 0 Å². The molecule has 1 aromatic carbocycles. The van der Waals surface area contributed by atoms with Crippen LogP contribution in [0.1, 0.15) is 18.9 Å². The molecular weight excluding hydrogens is 340 g/mol. The summed E-state index contributed by atoms with van der Waals surface area (Å²) in [5, 5.41) is 3.30. The lowest BCUT2D eigenvalue weighted by molar-refractivity contribution is -0.122. The summed E-state index contributed by atoms with van der Waals surface area (Å²) in [5.41, 5.74) is 6.58. The van der Waals surface area contributed by atoms with Crippen LogP contribution in [0.15, 0.2) is 18.2 Å². The molecule has 3 N–H and O–H groups in total. The number of ether oxygens (including phenoxy) is 1. The van der Waals surface area contributed by atoms with E-state index >= 15 is 0 Å². The van der Waals surface area contributed by atoms with Gasteiger partial charge in [-0.15, -0.1) is 0 Å². The zero-order valence-electron chi connectivity index (χ0n) is 13.3. The minimum absolute atomic E-state index is 0.103. The van der Waals surface area contributed by atoms with E-state index in [0.717, 1.165) is 17.6 Å². The molecule has 0 aromatic heterocycles. The van der Waals surface area contributed by atoms with Gasteiger partial charge < -0.3 is 15.8 Å². The Morgan fingerprint density at radius 3 is 2.74 bits per heavy atom. The average Bonchev–Trinajstić information content (AvgIpc) is 2.46. The normalized spacial score (nSPS) is 12.7. The van der Waals surface area contributed by atoms with Crippen LogP contribution in [0.5, 0.6) is 5.75 Å². The monoisotopic (exact) mass is 362 g/mol. The number of nitrogens with two attached hydrogens (primary N) is 1. The molecule has 0 radical (unpaired) electrons. The fourth-order valence-corrected chi connectivity index (χ4v) is 2.84. The van der Waals surface area contributed by atoms with E-state index in [0.29, 0.717) is 24.6 Å². The lowest BCUT2D eigenvalue weighted by Crippen LogP contribution is -2.42. The molecule has 0 saturated carbocycles. The van der Waals surface area contributed by atoms with E-state index in [-0.39, 0.29) is 18.1 Å². The van der Waals surface area contributed by atoms with E-state index in [1.165, 1.54) is 0 Å². The lowest BCUT2D eigenvalue weighted by Gasteiger charge is -2.13. The number of hydrogen-bond donors (Lipinski definition) is 2. The largest absolute Gasteiger partial charge is 0.494 e. The Morgan fingerprint density at radius 2 is 2.13 bits per heavy atom. The molecule has 6 nitrogen and oxygen atoms in total. The molecule has 0 spiro atoms. The molecule has 0 saturated heterocycles. The van der Waals surface area contributed by atoms with Gasteiger partial charge in [0.05, 0.1) is 18.4 Å². The molecule has 1 unspecified atom stereocenters. The van der Waals surface area contributed by atoms with Gasteiger partial charge in [0, 0.05) is 17.8 Å². The summed E-state index contributed by atoms with van der Waals surface area (Å²) in [6, 6.07) is 4.49. The second kappa shape index (κ2) is 9.10. The van der Waals surface area contributed by atoms with Crippen molar-refractivity contribution in [3.63, 3.8) is 0 Å². The number of rotatable bonds is 9. The minimum Gasteiger partial charge on any atom is -0.494 e. The van der Waals surface area contributed by atoms with Crippen molar-refractivity contribution < 1.29 is 17.9 Å². The van der Waals surface area contributed by atoms with E-state index in [9.17, 15) is 13.2 Å². The second-order valence-corrected chi connectivity index (χ2v) is 7.95. The van der Waals surface area contributed by atoms with Crippen LogP contribution in [0.2, 0.25) is 5.02 Å². The van der Waals surface area contributed by atoms with Gasteiger partial charge in [0.2, 0.25) is 5.91 Å². The van der Waals surface area contributed by atoms with Gasteiger partial charge in [-0.05, 0) is 43.5 Å². The Hall–Kier alpha value is -1.31. The van der Waals surface area contributed by atoms with E-state index in [2.05, 4.69) is 5.32 Å². The first-order valence-corrected chi connectivity index (χ1v) is 9.79. The number of amides is 1. The summed E-state index contributed by atoms with van der Waals surface area (Å²) >= 11 is 5.97. The number of nitrogens with one attached hydrogen (secondary N) is 1. The van der Waals surface area contributed by atoms with Gasteiger partial charge in [-0.1, -0.05) is 11.6 Å². The third kappa shape index (κ3) is 7.67. The molecule has 8 heteroatoms. The van der Waals surface area contributed by atoms with Gasteiger partial charge >= 0.3 is 0 Å². The third-order valence-electron chi connectivity index (χ3n) is 3.15. The third-order valence-corrected chi connectivity index (χ3v) is 4.36. The molecule has 0 bridgehead atoms. The second-order valence-electron chi connectivity index (χ2n) is 5.25. The Morgan fingerprint density at radius 1 is 1.43 bits per heavy atom. The van der Waals surface area contributed by atoms with Gasteiger partial charge in [-0.25, -0.2) is 8.42 Å². The quantitative estimate of drug-likeness (QED) is 0.686. The molecule has 1 aromatic rings. The maximum atomic E-state index is 11.8. The molecule has 1 atom stereocenters. The van der Waals surface area contributed by atoms with Crippen molar-refractivity contribution in [1.82, 2.24) is 5.32 Å². The number of carbonyl (C=O) groups is 1. The van der Waals surface area contributed by atoms with Crippen molar-refractivity contribution in [3.05, 3.63) is 28.8 Å². The standard InChI is InChI=1S/C15H23ClN2O4S/c1-3-22-14-5-4-12(16)10-11(14)6-8-18-15(19)13(17)7-9-23(2,20)21/h4-5,10,13H,3,6-9,17H2,1-2H3,(H,18,19). The maximum Gasteiger partial charge on any atom is 0.236 e. The maximum absolute atomic E-state index is 11.8. The van der Waals surface area contributed by atoms with Crippen molar-refractivity contribution in [3.8, 4) is 5.75 Å². The van der Waals surface area contributed by atoms with E-state index in [1.54, 1.807) is 18.2 Å². The van der Waals surface area contributed by atoms with Crippen LogP contribution >= 0.6 is 11.6 Å². The minimum atomic E-state index is -3.12. The Balaban J connectivity index is 2.50. The highest BCUT2D eigenvalue weighted by Gasteiger charge is 2.15. The summed E-state index contributed by atoms with van der Waals surface area (Å²) < 4.78 is 27.7. The van der Waals surface area contributed by atoms with Crippen molar-refractivity contribution in [2.75, 3.05) is 25.2 Å². The highest BCUT2D eigenvalue weighted by atomic mass is 35.5. The van der Waals surface area contributed by atoms with Crippen molar-refractivity contribution >= 4 is 27.3 Å². The molecule has 0 aliphatic heterocycles. The molecule has 0 aliphatic rings. The zero-order valence-corrected chi connectivity index (χ0v) is 14.9. The predicted molar refractivity (Wildman–Crippen MR) is 91.6 cm³/mol. The van der Waals surface area contributed by atoms with Gasteiger partial charge in [0.1, 0.15) is 15.6 Å². The molecule has 1 amide bonds. The average molecular weight is 363 g/mol. The molecule has 0 heterocycles. The van der Waals surface area contributed by atoms with Crippen LogP contribution in [0.3, 0.4) is 0 Å². The first-order valence-electron chi connectivity index (χ1n) is 7.35. The van der Waals surface area contributed by atoms with E-state index in [4.69, 9.17) is 22.1 Å². The molecule has 1 rings (SSSR count). The molecule has 23 heavy (non-hydrogen) atoms. The van der Waals surface area contributed by atoms with Crippen molar-refractivity contribution in [1.29, 1.82) is 0 Å². The number of halogens is 1. The Labute approximate surface area is 142 Å². The first-order chi connectivity index (χ1) is 10.7. The fraction of sp³-hybridized carbons (Fsp3) is 0.533. The van der Waals surface area contributed by atoms with Gasteiger partial charge in [-0.2, -0.15) is 0 Å². The highest BCUT2D eigenvalue weighted by Crippen LogP contribution is 2.23. The number of sulfone groups is 1. The summed E-state index contributed by atoms with van der Waals surface area (Å²) in [4.78, 5) is 11.8. The lowest BCUT2D eigenvalue weighted by atomic mass is 10.1. The Bertz CT molecular complexity index is 634. The number of carbonyl (C=O) groups excluding carboxylic acids is 1. The summed E-state index contributed by atoms with van der Waals surface area (Å²) in [6.07, 6.45) is 1.76. The summed E-state index contributed by atoms with van der Waals surface area (Å²) in [6.45, 7) is 2.80. The van der Waals surface area contributed by atoms with Crippen LogP contribution in [0.4, 0.5) is 0 Å². The van der Waals surface area contributed by atoms with Crippen molar-refractivity contribution in [2.24, 2.45) is 5.73 Å². The number of benzene rings is 1. The van der Waals surface area contributed by atoms with Crippen LogP contribution in [0, 0.1) is 0 Å². The molecule has 0 fully saturated rings. The predicted octanol–water partition coefficient (Wildman–Crippen LogP) is 1.16. The molecule has 0 aliphatic carbocycles. The molecule has 130 valence electrons. The summed E-state index contributed by atoms with van der Waals surface area (Å²) in [5.74, 6) is 0.255. The fourth-order valence-electron chi connectivity index (χ4n) is 1.96. The topological polar surface area (TPSA) is 98.5 Å². The van der Waals surface area contributed by atoms with Crippen LogP contribution in [0.25, 0.3) is 0 Å². The Kier molecular flexibility index (Phi) is 7.81. The van der Waals surface area contributed by atoms with Crippen LogP contribution in [-0.4, -0.2) is 45.5 Å². The first kappa shape index (κ1) is 19.7. The van der Waals surface area contributed by atoms with Gasteiger partial charge in [0.25, 0.3) is 0 Å². The van der Waals surface area contributed by atoms with Crippen LogP contribution < -0.4 is 15.8 Å². The van der Waals surface area contributed by atoms with Crippen LogP contribution in [-0.2, 0) is 21.1 Å². The SMILES string of the molecule is CCOc1ccc(Cl)cc1CCNC(=O)C(N)CCS(C)(=O)=O. The zero-order chi connectivity index (χ0) is 17.5. The van der Waals surface area contributed by atoms with Gasteiger partial charge in [-0.3, -0.25) is 4.79 Å². The van der Waals surface area contributed by atoms with Crippen molar-refractivity contribution in [2.45, 2.75) is 25.8 Å². The van der Waals surface area contributed by atoms with E-state index < -0.39 is 15.9 Å². The highest BCUT2D eigenvalue weighted by molar-refractivity contribution is 7.90. The van der Waals surface area contributed by atoms with E-state index in [1.807, 2.05) is 6.92 Å². The smallest absolute Gasteiger partial charge is 0.236 e. The molecular formula is C15H23ClN2O4S.